The van der Waals surface area contributed by atoms with E-state index in [1.807, 2.05) is 0 Å². The van der Waals surface area contributed by atoms with Crippen molar-refractivity contribution in [2.24, 2.45) is 17.8 Å². The van der Waals surface area contributed by atoms with Gasteiger partial charge in [-0.25, -0.2) is 0 Å². The first kappa shape index (κ1) is 19.4. The van der Waals surface area contributed by atoms with Crippen molar-refractivity contribution in [3.05, 3.63) is 35.5 Å². The summed E-state index contributed by atoms with van der Waals surface area (Å²) in [6, 6.07) is 6.72. The Bertz CT molecular complexity index is 1020. The Hall–Kier alpha value is -2.30. The molecule has 3 saturated carbocycles. The van der Waals surface area contributed by atoms with Gasteiger partial charge in [-0.05, 0) is 79.9 Å². The van der Waals surface area contributed by atoms with Crippen LogP contribution in [0.1, 0.15) is 80.8 Å². The highest BCUT2D eigenvalue weighted by atomic mass is 16.4. The lowest BCUT2D eigenvalue weighted by atomic mass is 9.71. The number of carboxylic acids is 1. The van der Waals surface area contributed by atoms with Gasteiger partial charge in [0.15, 0.2) is 0 Å². The molecule has 0 spiro atoms. The summed E-state index contributed by atoms with van der Waals surface area (Å²) in [5.41, 5.74) is 4.00. The van der Waals surface area contributed by atoms with Crippen molar-refractivity contribution in [2.75, 3.05) is 6.54 Å². The largest absolute Gasteiger partial charge is 0.481 e. The van der Waals surface area contributed by atoms with Crippen LogP contribution in [-0.4, -0.2) is 39.5 Å². The Balaban J connectivity index is 1.24. The highest BCUT2D eigenvalue weighted by Gasteiger charge is 2.51. The first-order valence-corrected chi connectivity index (χ1v) is 12.3. The summed E-state index contributed by atoms with van der Waals surface area (Å²) in [4.78, 5) is 30.9. The first-order chi connectivity index (χ1) is 15.1. The predicted molar refractivity (Wildman–Crippen MR) is 119 cm³/mol. The van der Waals surface area contributed by atoms with Crippen molar-refractivity contribution in [1.29, 1.82) is 0 Å². The van der Waals surface area contributed by atoms with E-state index >= 15 is 0 Å². The Morgan fingerprint density at radius 3 is 2.58 bits per heavy atom. The number of aliphatic carboxylic acids is 1. The number of carbonyl (C=O) groups excluding carboxylic acids is 1. The second-order valence-corrected chi connectivity index (χ2v) is 10.4. The number of benzene rings is 1. The zero-order chi connectivity index (χ0) is 21.1. The minimum atomic E-state index is -0.671. The summed E-state index contributed by atoms with van der Waals surface area (Å²) < 4.78 is 0. The van der Waals surface area contributed by atoms with Gasteiger partial charge in [0.1, 0.15) is 0 Å². The van der Waals surface area contributed by atoms with Gasteiger partial charge in [-0.3, -0.25) is 9.59 Å². The summed E-state index contributed by atoms with van der Waals surface area (Å²) >= 11 is 0. The van der Waals surface area contributed by atoms with Crippen molar-refractivity contribution in [3.8, 4) is 0 Å². The molecule has 5 nitrogen and oxygen atoms in total. The first-order valence-electron chi connectivity index (χ1n) is 12.3. The van der Waals surface area contributed by atoms with Gasteiger partial charge in [0.05, 0.1) is 5.92 Å². The van der Waals surface area contributed by atoms with E-state index in [2.05, 4.69) is 34.3 Å². The molecular weight excluding hydrogens is 388 g/mol. The highest BCUT2D eigenvalue weighted by Crippen LogP contribution is 2.53. The molecule has 31 heavy (non-hydrogen) atoms. The molecule has 3 aliphatic carbocycles. The summed E-state index contributed by atoms with van der Waals surface area (Å²) in [5.74, 6) is 0.516. The number of carboxylic acid groups (broad SMARTS) is 1. The van der Waals surface area contributed by atoms with Gasteiger partial charge in [0, 0.05) is 35.6 Å². The Labute approximate surface area is 183 Å². The Morgan fingerprint density at radius 1 is 0.968 bits per heavy atom. The number of carbonyl (C=O) groups is 2. The summed E-state index contributed by atoms with van der Waals surface area (Å²) in [6.07, 6.45) is 11.5. The zero-order valence-electron chi connectivity index (χ0n) is 18.1. The fourth-order valence-corrected chi connectivity index (χ4v) is 6.88. The van der Waals surface area contributed by atoms with E-state index in [0.29, 0.717) is 11.8 Å². The average molecular weight is 421 g/mol. The molecule has 1 aliphatic heterocycles. The van der Waals surface area contributed by atoms with Crippen LogP contribution in [0.25, 0.3) is 10.9 Å². The normalized spacial score (nSPS) is 33.0. The van der Waals surface area contributed by atoms with Crippen LogP contribution in [-0.2, 0) is 9.59 Å². The second kappa shape index (κ2) is 7.39. The van der Waals surface area contributed by atoms with E-state index in [9.17, 15) is 14.7 Å². The van der Waals surface area contributed by atoms with Crippen molar-refractivity contribution in [2.45, 2.75) is 75.7 Å². The number of H-pyrrole nitrogens is 1. The molecule has 1 aromatic heterocycles. The van der Waals surface area contributed by atoms with Gasteiger partial charge in [-0.15, -0.1) is 0 Å². The number of nitrogens with zero attached hydrogens (tertiary/aromatic N) is 1. The van der Waals surface area contributed by atoms with E-state index in [4.69, 9.17) is 0 Å². The molecule has 2 aromatic rings. The van der Waals surface area contributed by atoms with Crippen molar-refractivity contribution in [3.63, 3.8) is 0 Å². The quantitative estimate of drug-likeness (QED) is 0.728. The van der Waals surface area contributed by atoms with Crippen LogP contribution in [0, 0.1) is 17.8 Å². The highest BCUT2D eigenvalue weighted by molar-refractivity contribution is 5.91. The van der Waals surface area contributed by atoms with Gasteiger partial charge in [-0.2, -0.15) is 0 Å². The van der Waals surface area contributed by atoms with E-state index in [1.54, 1.807) is 0 Å². The standard InChI is InChI=1S/C26H32N2O3/c29-25(28-12-4-9-17-18(26(30)31)8-3-11-23(17)28)20-13-19(20)21-14-27-22-10-2-7-16(24(21)22)15-5-1-6-15/h2,7,10,14-15,17-20,23,27H,1,3-6,8-9,11-13H2,(H,30,31). The van der Waals surface area contributed by atoms with Crippen LogP contribution in [0.15, 0.2) is 24.4 Å². The van der Waals surface area contributed by atoms with Crippen LogP contribution in [0.5, 0.6) is 0 Å². The number of hydrogen-bond acceptors (Lipinski definition) is 2. The molecule has 1 saturated heterocycles. The number of hydrogen-bond donors (Lipinski definition) is 2. The van der Waals surface area contributed by atoms with Crippen LogP contribution < -0.4 is 0 Å². The SMILES string of the molecule is O=C(O)C1CCCC2C1CCCN2C(=O)C1CC1c1c[nH]c2cccc(C3CCC3)c12. The van der Waals surface area contributed by atoms with E-state index < -0.39 is 5.97 Å². The molecule has 0 radical (unpaired) electrons. The van der Waals surface area contributed by atoms with Crippen LogP contribution in [0.2, 0.25) is 0 Å². The second-order valence-electron chi connectivity index (χ2n) is 10.4. The third-order valence-corrected chi connectivity index (χ3v) is 8.78. The van der Waals surface area contributed by atoms with Gasteiger partial charge >= 0.3 is 5.97 Å². The van der Waals surface area contributed by atoms with Crippen LogP contribution in [0.3, 0.4) is 0 Å². The van der Waals surface area contributed by atoms with Crippen LogP contribution >= 0.6 is 0 Å². The molecule has 1 aromatic carbocycles. The van der Waals surface area contributed by atoms with E-state index in [1.165, 1.54) is 41.3 Å². The minimum absolute atomic E-state index is 0.0670. The van der Waals surface area contributed by atoms with Crippen molar-refractivity contribution in [1.82, 2.24) is 9.88 Å². The number of amides is 1. The lowest BCUT2D eigenvalue weighted by Gasteiger charge is -2.46. The molecule has 4 fully saturated rings. The fourth-order valence-electron chi connectivity index (χ4n) is 6.88. The third kappa shape index (κ3) is 3.11. The third-order valence-electron chi connectivity index (χ3n) is 8.78. The molecule has 164 valence electrons. The number of nitrogens with one attached hydrogen (secondary N) is 1. The zero-order valence-corrected chi connectivity index (χ0v) is 18.1. The Kier molecular flexibility index (Phi) is 4.62. The molecule has 0 bridgehead atoms. The Morgan fingerprint density at radius 2 is 1.81 bits per heavy atom. The van der Waals surface area contributed by atoms with Gasteiger partial charge in [0.2, 0.25) is 5.91 Å². The monoisotopic (exact) mass is 420 g/mol. The number of aromatic amines is 1. The summed E-state index contributed by atoms with van der Waals surface area (Å²) in [6.45, 7) is 0.802. The maximum atomic E-state index is 13.6. The van der Waals surface area contributed by atoms with Gasteiger partial charge in [-0.1, -0.05) is 25.0 Å². The number of rotatable bonds is 4. The van der Waals surface area contributed by atoms with Crippen molar-refractivity contribution >= 4 is 22.8 Å². The van der Waals surface area contributed by atoms with Crippen LogP contribution in [0.4, 0.5) is 0 Å². The van der Waals surface area contributed by atoms with E-state index in [0.717, 1.165) is 45.1 Å². The number of fused-ring (bicyclic) bond motifs is 2. The summed E-state index contributed by atoms with van der Waals surface area (Å²) in [5, 5.41) is 11.0. The number of piperidine rings is 1. The molecule has 2 N–H and O–H groups in total. The summed E-state index contributed by atoms with van der Waals surface area (Å²) in [7, 11) is 0. The molecule has 5 atom stereocenters. The molecule has 5 heteroatoms. The molecular formula is C26H32N2O3. The van der Waals surface area contributed by atoms with Gasteiger partial charge in [0.25, 0.3) is 0 Å². The fraction of sp³-hybridized carbons (Fsp3) is 0.615. The van der Waals surface area contributed by atoms with Crippen molar-refractivity contribution < 1.29 is 14.7 Å². The molecule has 5 unspecified atom stereocenters. The minimum Gasteiger partial charge on any atom is -0.481 e. The average Bonchev–Trinajstić information content (AvgIpc) is 3.42. The molecule has 6 rings (SSSR count). The number of aromatic nitrogens is 1. The molecule has 4 aliphatic rings. The lowest BCUT2D eigenvalue weighted by molar-refractivity contribution is -0.152. The smallest absolute Gasteiger partial charge is 0.306 e. The maximum absolute atomic E-state index is 13.6. The number of likely N-dealkylation sites (tertiary alicyclic amines) is 1. The van der Waals surface area contributed by atoms with Gasteiger partial charge < -0.3 is 15.0 Å². The maximum Gasteiger partial charge on any atom is 0.306 e. The van der Waals surface area contributed by atoms with E-state index in [-0.39, 0.29) is 29.7 Å². The topological polar surface area (TPSA) is 73.4 Å². The molecule has 2 heterocycles. The lowest BCUT2D eigenvalue weighted by Crippen LogP contribution is -2.53. The predicted octanol–water partition coefficient (Wildman–Crippen LogP) is 5.03. The molecule has 1 amide bonds.